The molecule has 0 aliphatic rings. The van der Waals surface area contributed by atoms with E-state index in [1.807, 2.05) is 24.3 Å². The number of nitrogens with one attached hydrogen (secondary N) is 1. The van der Waals surface area contributed by atoms with E-state index in [0.717, 1.165) is 24.5 Å². The first kappa shape index (κ1) is 15.9. The topological polar surface area (TPSA) is 52.6 Å². The normalized spacial score (nSPS) is 11.9. The van der Waals surface area contributed by atoms with Crippen LogP contribution in [0, 0.1) is 0 Å². The van der Waals surface area contributed by atoms with Crippen molar-refractivity contribution in [2.75, 3.05) is 35.1 Å². The molecule has 1 atom stereocenters. The van der Waals surface area contributed by atoms with Crippen LogP contribution in [0.5, 0.6) is 0 Å². The smallest absolute Gasteiger partial charge is 0.325 e. The number of carbonyl (C=O) groups is 1. The average Bonchev–Trinajstić information content (AvgIpc) is 2.39. The number of nitrogens with zero attached hydrogens (tertiary/aromatic N) is 1. The minimum atomic E-state index is -0.880. The Morgan fingerprint density at radius 1 is 1.26 bits per heavy atom. The summed E-state index contributed by atoms with van der Waals surface area (Å²) in [5.74, 6) is 0.190. The first-order valence-corrected chi connectivity index (χ1v) is 7.11. The van der Waals surface area contributed by atoms with Crippen LogP contribution in [0.4, 0.5) is 11.4 Å². The van der Waals surface area contributed by atoms with Crippen LogP contribution in [-0.4, -0.2) is 42.0 Å². The Kier molecular flexibility index (Phi) is 6.81. The molecule has 19 heavy (non-hydrogen) atoms. The Morgan fingerprint density at radius 3 is 2.21 bits per heavy atom. The molecule has 6 heteroatoms. The third-order valence-electron chi connectivity index (χ3n) is 2.69. The van der Waals surface area contributed by atoms with Gasteiger partial charge in [0.25, 0.3) is 0 Å². The van der Waals surface area contributed by atoms with Crippen molar-refractivity contribution >= 4 is 40.5 Å². The highest BCUT2D eigenvalue weighted by Gasteiger charge is 2.10. The van der Waals surface area contributed by atoms with Crippen LogP contribution in [-0.2, 0) is 4.79 Å². The molecule has 1 aromatic rings. The van der Waals surface area contributed by atoms with Gasteiger partial charge in [-0.3, -0.25) is 4.79 Å². The molecule has 1 rings (SSSR count). The lowest BCUT2D eigenvalue weighted by atomic mass is 10.2. The lowest BCUT2D eigenvalue weighted by Crippen LogP contribution is -2.27. The van der Waals surface area contributed by atoms with Crippen molar-refractivity contribution < 1.29 is 9.90 Å². The van der Waals surface area contributed by atoms with Gasteiger partial charge in [0.2, 0.25) is 0 Å². The zero-order valence-corrected chi connectivity index (χ0v) is 12.3. The van der Waals surface area contributed by atoms with Gasteiger partial charge in [0.1, 0.15) is 6.04 Å². The number of anilines is 2. The number of alkyl halides is 2. The molecule has 2 N–H and O–H groups in total. The number of carboxylic acid groups (broad SMARTS) is 1. The zero-order chi connectivity index (χ0) is 14.3. The minimum Gasteiger partial charge on any atom is -0.480 e. The Hall–Kier alpha value is -1.13. The van der Waals surface area contributed by atoms with Crippen molar-refractivity contribution in [2.24, 2.45) is 0 Å². The van der Waals surface area contributed by atoms with E-state index in [1.54, 1.807) is 6.92 Å². The quantitative estimate of drug-likeness (QED) is 0.725. The van der Waals surface area contributed by atoms with E-state index in [4.69, 9.17) is 28.3 Å². The maximum atomic E-state index is 10.7. The van der Waals surface area contributed by atoms with E-state index in [2.05, 4.69) is 10.2 Å². The first-order chi connectivity index (χ1) is 9.08. The highest BCUT2D eigenvalue weighted by molar-refractivity contribution is 6.18. The molecule has 0 unspecified atom stereocenters. The third-order valence-corrected chi connectivity index (χ3v) is 3.03. The number of halogens is 2. The molecule has 1 aromatic carbocycles. The van der Waals surface area contributed by atoms with Gasteiger partial charge in [-0.05, 0) is 31.2 Å². The summed E-state index contributed by atoms with van der Waals surface area (Å²) in [6, 6.07) is 6.94. The van der Waals surface area contributed by atoms with E-state index >= 15 is 0 Å². The van der Waals surface area contributed by atoms with Crippen molar-refractivity contribution in [3.05, 3.63) is 24.3 Å². The fourth-order valence-corrected chi connectivity index (χ4v) is 2.06. The van der Waals surface area contributed by atoms with E-state index in [0.29, 0.717) is 11.8 Å². The number of benzene rings is 1. The molecule has 0 saturated carbocycles. The largest absolute Gasteiger partial charge is 0.480 e. The lowest BCUT2D eigenvalue weighted by Gasteiger charge is -2.23. The summed E-state index contributed by atoms with van der Waals surface area (Å²) in [5.41, 5.74) is 1.80. The molecule has 0 saturated heterocycles. The van der Waals surface area contributed by atoms with Crippen LogP contribution >= 0.6 is 23.2 Å². The molecule has 0 bridgehead atoms. The van der Waals surface area contributed by atoms with Crippen molar-refractivity contribution in [1.82, 2.24) is 0 Å². The van der Waals surface area contributed by atoms with Gasteiger partial charge >= 0.3 is 5.97 Å². The summed E-state index contributed by atoms with van der Waals surface area (Å²) >= 11 is 11.5. The van der Waals surface area contributed by atoms with Crippen molar-refractivity contribution in [2.45, 2.75) is 13.0 Å². The molecule has 4 nitrogen and oxygen atoms in total. The van der Waals surface area contributed by atoms with Gasteiger partial charge in [0, 0.05) is 36.2 Å². The van der Waals surface area contributed by atoms with Gasteiger partial charge in [0.05, 0.1) is 0 Å². The fourth-order valence-electron chi connectivity index (χ4n) is 1.65. The van der Waals surface area contributed by atoms with E-state index in [1.165, 1.54) is 0 Å². The summed E-state index contributed by atoms with van der Waals surface area (Å²) in [4.78, 5) is 12.8. The molecule has 106 valence electrons. The van der Waals surface area contributed by atoms with Gasteiger partial charge in [-0.2, -0.15) is 0 Å². The molecule has 0 spiro atoms. The van der Waals surface area contributed by atoms with Crippen molar-refractivity contribution in [3.63, 3.8) is 0 Å². The standard InChI is InChI=1S/C13H18Cl2N2O2/c1-10(13(18)19)16-11-2-4-12(5-3-11)17(8-6-14)9-7-15/h2-5,10,16H,6-9H2,1H3,(H,18,19)/t10-/m0/s1. The summed E-state index contributed by atoms with van der Waals surface area (Å²) in [7, 11) is 0. The Morgan fingerprint density at radius 2 is 1.79 bits per heavy atom. The molecule has 0 radical (unpaired) electrons. The van der Waals surface area contributed by atoms with Crippen molar-refractivity contribution in [1.29, 1.82) is 0 Å². The summed E-state index contributed by atoms with van der Waals surface area (Å²) in [5, 5.41) is 11.7. The maximum Gasteiger partial charge on any atom is 0.325 e. The number of rotatable bonds is 8. The van der Waals surface area contributed by atoms with Gasteiger partial charge in [-0.15, -0.1) is 23.2 Å². The highest BCUT2D eigenvalue weighted by atomic mass is 35.5. The predicted octanol–water partition coefficient (Wildman–Crippen LogP) is 2.86. The van der Waals surface area contributed by atoms with E-state index < -0.39 is 12.0 Å². The van der Waals surface area contributed by atoms with Crippen LogP contribution in [0.1, 0.15) is 6.92 Å². The van der Waals surface area contributed by atoms with Gasteiger partial charge in [-0.1, -0.05) is 0 Å². The lowest BCUT2D eigenvalue weighted by molar-refractivity contribution is -0.137. The van der Waals surface area contributed by atoms with Crippen LogP contribution in [0.2, 0.25) is 0 Å². The number of aliphatic carboxylic acids is 1. The maximum absolute atomic E-state index is 10.7. The minimum absolute atomic E-state index is 0.535. The summed E-state index contributed by atoms with van der Waals surface area (Å²) in [6.45, 7) is 3.06. The Labute approximate surface area is 123 Å². The monoisotopic (exact) mass is 304 g/mol. The summed E-state index contributed by atoms with van der Waals surface area (Å²) in [6.07, 6.45) is 0. The number of carboxylic acids is 1. The van der Waals surface area contributed by atoms with Gasteiger partial charge < -0.3 is 15.3 Å². The molecule has 0 aliphatic carbocycles. The van der Waals surface area contributed by atoms with Crippen LogP contribution in [0.15, 0.2) is 24.3 Å². The van der Waals surface area contributed by atoms with Crippen LogP contribution in [0.25, 0.3) is 0 Å². The number of hydrogen-bond donors (Lipinski definition) is 2. The Bertz CT molecular complexity index is 392. The van der Waals surface area contributed by atoms with Gasteiger partial charge in [-0.25, -0.2) is 0 Å². The van der Waals surface area contributed by atoms with E-state index in [9.17, 15) is 4.79 Å². The second kappa shape index (κ2) is 8.12. The Balaban J connectivity index is 2.71. The average molecular weight is 305 g/mol. The predicted molar refractivity (Wildman–Crippen MR) is 80.8 cm³/mol. The number of hydrogen-bond acceptors (Lipinski definition) is 3. The van der Waals surface area contributed by atoms with Gasteiger partial charge in [0.15, 0.2) is 0 Å². The molecule has 0 aliphatic heterocycles. The SMILES string of the molecule is C[C@H](Nc1ccc(N(CCCl)CCCl)cc1)C(=O)O. The molecule has 0 aromatic heterocycles. The third kappa shape index (κ3) is 5.17. The fraction of sp³-hybridized carbons (Fsp3) is 0.462. The first-order valence-electron chi connectivity index (χ1n) is 6.04. The second-order valence-electron chi connectivity index (χ2n) is 4.12. The second-order valence-corrected chi connectivity index (χ2v) is 4.87. The molecular formula is C13H18Cl2N2O2. The van der Waals surface area contributed by atoms with E-state index in [-0.39, 0.29) is 0 Å². The van der Waals surface area contributed by atoms with Crippen LogP contribution < -0.4 is 10.2 Å². The van der Waals surface area contributed by atoms with Crippen molar-refractivity contribution in [3.8, 4) is 0 Å². The molecular weight excluding hydrogens is 287 g/mol. The molecule has 0 heterocycles. The highest BCUT2D eigenvalue weighted by Crippen LogP contribution is 2.18. The zero-order valence-electron chi connectivity index (χ0n) is 10.8. The molecule has 0 amide bonds. The molecule has 0 fully saturated rings. The van der Waals surface area contributed by atoms with Crippen LogP contribution in [0.3, 0.4) is 0 Å². The summed E-state index contributed by atoms with van der Waals surface area (Å²) < 4.78 is 0.